The zero-order chi connectivity index (χ0) is 14.5. The predicted octanol–water partition coefficient (Wildman–Crippen LogP) is 3.72. The van der Waals surface area contributed by atoms with Gasteiger partial charge in [0, 0.05) is 17.5 Å². The summed E-state index contributed by atoms with van der Waals surface area (Å²) in [6.07, 6.45) is 0. The van der Waals surface area contributed by atoms with E-state index in [9.17, 15) is 10.1 Å². The lowest BCUT2D eigenvalue weighted by molar-refractivity contribution is -0.386. The smallest absolute Gasteiger partial charge is 0.310 e. The maximum atomic E-state index is 11.0. The molecule has 0 unspecified atom stereocenters. The van der Waals surface area contributed by atoms with E-state index in [2.05, 4.69) is 21.2 Å². The first-order chi connectivity index (χ1) is 9.60. The van der Waals surface area contributed by atoms with Crippen LogP contribution in [0, 0.1) is 10.1 Å². The third-order valence-corrected chi connectivity index (χ3v) is 4.20. The number of nitro benzene ring substituents is 1. The van der Waals surface area contributed by atoms with E-state index in [1.54, 1.807) is 23.5 Å². The molecule has 0 aliphatic carbocycles. The van der Waals surface area contributed by atoms with Crippen molar-refractivity contribution in [3.05, 3.63) is 54.7 Å². The summed E-state index contributed by atoms with van der Waals surface area (Å²) in [6, 6.07) is 8.76. The Morgan fingerprint density at radius 1 is 1.40 bits per heavy atom. The Morgan fingerprint density at radius 3 is 2.80 bits per heavy atom. The lowest BCUT2D eigenvalue weighted by Gasteiger charge is -2.08. The summed E-state index contributed by atoms with van der Waals surface area (Å²) < 4.78 is 6.61. The number of thiophene rings is 1. The highest BCUT2D eigenvalue weighted by Gasteiger charge is 2.16. The number of rotatable bonds is 6. The van der Waals surface area contributed by atoms with Gasteiger partial charge in [-0.05, 0) is 46.7 Å². The molecule has 0 aliphatic heterocycles. The number of hydrogen-bond donors (Lipinski definition) is 1. The number of hydrogen-bond acceptors (Lipinski definition) is 5. The van der Waals surface area contributed by atoms with Crippen LogP contribution in [0.3, 0.4) is 0 Å². The minimum atomic E-state index is -0.428. The normalized spacial score (nSPS) is 10.5. The quantitative estimate of drug-likeness (QED) is 0.632. The summed E-state index contributed by atoms with van der Waals surface area (Å²) in [6.45, 7) is 0.957. The first-order valence-corrected chi connectivity index (χ1v) is 7.50. The molecule has 106 valence electrons. The number of nitrogens with one attached hydrogen (secondary N) is 1. The van der Waals surface area contributed by atoms with E-state index in [0.29, 0.717) is 18.9 Å². The molecule has 0 saturated heterocycles. The van der Waals surface area contributed by atoms with Crippen molar-refractivity contribution in [2.45, 2.75) is 13.2 Å². The fourth-order valence-electron chi connectivity index (χ4n) is 1.72. The Balaban J connectivity index is 2.18. The van der Waals surface area contributed by atoms with Gasteiger partial charge in [-0.25, -0.2) is 0 Å². The molecule has 5 nitrogen and oxygen atoms in total. The lowest BCUT2D eigenvalue weighted by atomic mass is 10.2. The van der Waals surface area contributed by atoms with Crippen LogP contribution in [0.15, 0.2) is 34.1 Å². The molecule has 0 aliphatic rings. The Hall–Kier alpha value is -1.44. The van der Waals surface area contributed by atoms with Gasteiger partial charge in [-0.3, -0.25) is 10.1 Å². The van der Waals surface area contributed by atoms with E-state index in [4.69, 9.17) is 4.74 Å². The lowest BCUT2D eigenvalue weighted by Crippen LogP contribution is -2.06. The first-order valence-electron chi connectivity index (χ1n) is 5.89. The van der Waals surface area contributed by atoms with Gasteiger partial charge in [-0.1, -0.05) is 6.07 Å². The highest BCUT2D eigenvalue weighted by atomic mass is 79.9. The standard InChI is InChI=1S/C13H13BrN2O3S/c1-15-7-9-2-4-11(16(17)18)12(6-9)19-8-10-3-5-13(14)20-10/h2-6,15H,7-8H2,1H3. The average molecular weight is 357 g/mol. The van der Waals surface area contributed by atoms with Crippen LogP contribution in [-0.2, 0) is 13.2 Å². The van der Waals surface area contributed by atoms with Crippen LogP contribution in [0.2, 0.25) is 0 Å². The number of halogens is 1. The van der Waals surface area contributed by atoms with Gasteiger partial charge in [0.2, 0.25) is 0 Å². The van der Waals surface area contributed by atoms with E-state index in [-0.39, 0.29) is 5.69 Å². The van der Waals surface area contributed by atoms with Gasteiger partial charge < -0.3 is 10.1 Å². The second-order valence-electron chi connectivity index (χ2n) is 4.08. The minimum absolute atomic E-state index is 0.0134. The second-order valence-corrected chi connectivity index (χ2v) is 6.63. The SMILES string of the molecule is CNCc1ccc([N+](=O)[O-])c(OCc2ccc(Br)s2)c1. The van der Waals surface area contributed by atoms with Crippen LogP contribution in [0.25, 0.3) is 0 Å². The van der Waals surface area contributed by atoms with Gasteiger partial charge >= 0.3 is 5.69 Å². The number of nitro groups is 1. The van der Waals surface area contributed by atoms with E-state index >= 15 is 0 Å². The molecule has 1 aromatic heterocycles. The van der Waals surface area contributed by atoms with Crippen LogP contribution >= 0.6 is 27.3 Å². The predicted molar refractivity (Wildman–Crippen MR) is 82.2 cm³/mol. The summed E-state index contributed by atoms with van der Waals surface area (Å²) in [5.74, 6) is 0.298. The molecule has 20 heavy (non-hydrogen) atoms. The topological polar surface area (TPSA) is 64.4 Å². The summed E-state index contributed by atoms with van der Waals surface area (Å²) in [7, 11) is 1.82. The van der Waals surface area contributed by atoms with E-state index in [1.165, 1.54) is 6.07 Å². The van der Waals surface area contributed by atoms with Crippen molar-refractivity contribution >= 4 is 33.0 Å². The van der Waals surface area contributed by atoms with Gasteiger partial charge in [0.25, 0.3) is 0 Å². The molecule has 1 N–H and O–H groups in total. The van der Waals surface area contributed by atoms with Crippen molar-refractivity contribution in [1.29, 1.82) is 0 Å². The van der Waals surface area contributed by atoms with Crippen molar-refractivity contribution in [1.82, 2.24) is 5.32 Å². The Labute approximate surface area is 128 Å². The summed E-state index contributed by atoms with van der Waals surface area (Å²) in [5.41, 5.74) is 0.931. The van der Waals surface area contributed by atoms with Gasteiger partial charge in [-0.2, -0.15) is 0 Å². The Bertz CT molecular complexity index is 615. The third-order valence-electron chi connectivity index (χ3n) is 2.60. The summed E-state index contributed by atoms with van der Waals surface area (Å²) >= 11 is 4.92. The Kier molecular flexibility index (Phi) is 5.11. The van der Waals surface area contributed by atoms with Crippen LogP contribution in [0.5, 0.6) is 5.75 Å². The van der Waals surface area contributed by atoms with Gasteiger partial charge in [0.05, 0.1) is 8.71 Å². The second kappa shape index (κ2) is 6.83. The molecular weight excluding hydrogens is 344 g/mol. The van der Waals surface area contributed by atoms with Crippen molar-refractivity contribution in [3.63, 3.8) is 0 Å². The highest BCUT2D eigenvalue weighted by molar-refractivity contribution is 9.11. The van der Waals surface area contributed by atoms with Crippen molar-refractivity contribution < 1.29 is 9.66 Å². The maximum Gasteiger partial charge on any atom is 0.310 e. The molecule has 7 heteroatoms. The van der Waals surface area contributed by atoms with Crippen molar-refractivity contribution in [2.75, 3.05) is 7.05 Å². The molecular formula is C13H13BrN2O3S. The number of ether oxygens (including phenoxy) is 1. The minimum Gasteiger partial charge on any atom is -0.481 e. The molecule has 0 amide bonds. The zero-order valence-corrected chi connectivity index (χ0v) is 13.2. The molecule has 2 rings (SSSR count). The fraction of sp³-hybridized carbons (Fsp3) is 0.231. The van der Waals surface area contributed by atoms with Gasteiger partial charge in [0.1, 0.15) is 6.61 Å². The molecule has 0 fully saturated rings. The van der Waals surface area contributed by atoms with E-state index in [1.807, 2.05) is 19.2 Å². The van der Waals surface area contributed by atoms with Gasteiger partial charge in [0.15, 0.2) is 5.75 Å². The number of nitrogens with zero attached hydrogens (tertiary/aromatic N) is 1. The molecule has 0 bridgehead atoms. The van der Waals surface area contributed by atoms with Crippen molar-refractivity contribution in [3.8, 4) is 5.75 Å². The van der Waals surface area contributed by atoms with Crippen LogP contribution < -0.4 is 10.1 Å². The molecule has 0 spiro atoms. The van der Waals surface area contributed by atoms with Crippen molar-refractivity contribution in [2.24, 2.45) is 0 Å². The largest absolute Gasteiger partial charge is 0.481 e. The average Bonchev–Trinajstić information content (AvgIpc) is 2.82. The highest BCUT2D eigenvalue weighted by Crippen LogP contribution is 2.30. The molecule has 0 saturated carbocycles. The van der Waals surface area contributed by atoms with E-state index < -0.39 is 4.92 Å². The molecule has 2 aromatic rings. The molecule has 1 aromatic carbocycles. The maximum absolute atomic E-state index is 11.0. The number of benzene rings is 1. The fourth-order valence-corrected chi connectivity index (χ4v) is 3.11. The molecule has 1 heterocycles. The summed E-state index contributed by atoms with van der Waals surface area (Å²) in [5, 5.41) is 14.0. The third kappa shape index (κ3) is 3.78. The Morgan fingerprint density at radius 2 is 2.20 bits per heavy atom. The summed E-state index contributed by atoms with van der Waals surface area (Å²) in [4.78, 5) is 11.6. The van der Waals surface area contributed by atoms with Crippen LogP contribution in [0.4, 0.5) is 5.69 Å². The van der Waals surface area contributed by atoms with Crippen LogP contribution in [0.1, 0.15) is 10.4 Å². The monoisotopic (exact) mass is 356 g/mol. The van der Waals surface area contributed by atoms with Gasteiger partial charge in [-0.15, -0.1) is 11.3 Å². The molecule has 0 atom stereocenters. The first kappa shape index (κ1) is 15.0. The zero-order valence-electron chi connectivity index (χ0n) is 10.8. The van der Waals surface area contributed by atoms with E-state index in [0.717, 1.165) is 14.2 Å². The van der Waals surface area contributed by atoms with Crippen LogP contribution in [-0.4, -0.2) is 12.0 Å². The molecule has 0 radical (unpaired) electrons.